The number of rotatable bonds is 1. The molecule has 0 amide bonds. The second kappa shape index (κ2) is 4.44. The number of hydrogen-bond donors (Lipinski definition) is 1. The molecular weight excluding hydrogens is 274 g/mol. The Morgan fingerprint density at radius 3 is 2.83 bits per heavy atom. The molecule has 1 N–H and O–H groups in total. The van der Waals surface area contributed by atoms with Crippen LogP contribution in [0.15, 0.2) is 18.2 Å². The molecule has 1 aliphatic rings. The van der Waals surface area contributed by atoms with Gasteiger partial charge in [0.2, 0.25) is 0 Å². The number of fused-ring (bicyclic) bond motifs is 1. The molecule has 0 fully saturated rings. The predicted molar refractivity (Wildman–Crippen MR) is 69.8 cm³/mol. The van der Waals surface area contributed by atoms with Crippen LogP contribution in [0.2, 0.25) is 0 Å². The molecule has 2 aromatic rings. The summed E-state index contributed by atoms with van der Waals surface area (Å²) in [6, 6.07) is 3.70. The number of hydrogen-bond acceptors (Lipinski definition) is 3. The normalized spacial score (nSPS) is 13.7. The monoisotopic (exact) mass is 282 g/mol. The third kappa shape index (κ3) is 1.95. The minimum Gasteiger partial charge on any atom is -0.342 e. The van der Waals surface area contributed by atoms with Gasteiger partial charge in [0, 0.05) is 28.3 Å². The molecule has 18 heavy (non-hydrogen) atoms. The molecule has 0 radical (unpaired) electrons. The van der Waals surface area contributed by atoms with Crippen molar-refractivity contribution < 1.29 is 8.78 Å². The minimum atomic E-state index is -0.886. The van der Waals surface area contributed by atoms with Gasteiger partial charge in [-0.3, -0.25) is 0 Å². The van der Waals surface area contributed by atoms with Crippen LogP contribution in [0.3, 0.4) is 0 Å². The highest BCUT2D eigenvalue weighted by Gasteiger charge is 2.16. The van der Waals surface area contributed by atoms with Crippen molar-refractivity contribution in [2.24, 2.45) is 0 Å². The van der Waals surface area contributed by atoms with Gasteiger partial charge in [0.25, 0.3) is 0 Å². The fourth-order valence-corrected chi connectivity index (χ4v) is 3.30. The summed E-state index contributed by atoms with van der Waals surface area (Å²) >= 11 is 6.97. The molecule has 0 saturated heterocycles. The van der Waals surface area contributed by atoms with Gasteiger partial charge in [-0.25, -0.2) is 13.8 Å². The van der Waals surface area contributed by atoms with Gasteiger partial charge in [-0.1, -0.05) is 12.2 Å². The molecule has 0 atom stereocenters. The highest BCUT2D eigenvalue weighted by molar-refractivity contribution is 7.98. The summed E-state index contributed by atoms with van der Waals surface area (Å²) < 4.78 is 26.6. The first-order chi connectivity index (χ1) is 8.65. The van der Waals surface area contributed by atoms with Crippen LogP contribution in [0, 0.1) is 16.3 Å². The van der Waals surface area contributed by atoms with Crippen LogP contribution in [0.4, 0.5) is 8.78 Å². The van der Waals surface area contributed by atoms with E-state index in [0.717, 1.165) is 34.9 Å². The minimum absolute atomic E-state index is 0.486. The van der Waals surface area contributed by atoms with Crippen molar-refractivity contribution in [3.63, 3.8) is 0 Å². The number of thioether (sulfide) groups is 1. The van der Waals surface area contributed by atoms with Crippen LogP contribution in [0.25, 0.3) is 11.4 Å². The number of nitrogens with one attached hydrogen (secondary N) is 1. The van der Waals surface area contributed by atoms with E-state index in [1.165, 1.54) is 6.07 Å². The van der Waals surface area contributed by atoms with Gasteiger partial charge >= 0.3 is 0 Å². The number of halogens is 2. The molecular formula is C12H8F2N2S2. The molecule has 0 saturated carbocycles. The molecule has 0 spiro atoms. The standard InChI is InChI=1S/C12H8F2N2S2/c13-8-2-1-6(3-9(8)14)11-15-10-5-18-4-7(10)12(17)16-11/h1-3H,4-5H2,(H,15,16,17). The lowest BCUT2D eigenvalue weighted by atomic mass is 10.2. The Hall–Kier alpha value is -1.27. The number of nitrogens with zero attached hydrogens (tertiary/aromatic N) is 1. The van der Waals surface area contributed by atoms with Crippen molar-refractivity contribution in [3.8, 4) is 11.4 Å². The van der Waals surface area contributed by atoms with E-state index in [1.54, 1.807) is 11.8 Å². The van der Waals surface area contributed by atoms with Crippen LogP contribution < -0.4 is 0 Å². The maximum Gasteiger partial charge on any atom is 0.159 e. The third-order valence-corrected chi connectivity index (χ3v) is 4.11. The fourth-order valence-electron chi connectivity index (χ4n) is 1.85. The molecule has 1 aromatic carbocycles. The zero-order valence-corrected chi connectivity index (χ0v) is 10.8. The predicted octanol–water partition coefficient (Wildman–Crippen LogP) is 3.83. The van der Waals surface area contributed by atoms with E-state index < -0.39 is 11.6 Å². The van der Waals surface area contributed by atoms with E-state index in [4.69, 9.17) is 12.2 Å². The van der Waals surface area contributed by atoms with Crippen molar-refractivity contribution >= 4 is 24.0 Å². The maximum atomic E-state index is 13.2. The van der Waals surface area contributed by atoms with Crippen LogP contribution >= 0.6 is 24.0 Å². The number of H-pyrrole nitrogens is 1. The van der Waals surface area contributed by atoms with Crippen molar-refractivity contribution in [2.75, 3.05) is 0 Å². The zero-order valence-electron chi connectivity index (χ0n) is 9.17. The Kier molecular flexibility index (Phi) is 2.91. The first-order valence-electron chi connectivity index (χ1n) is 5.30. The van der Waals surface area contributed by atoms with Crippen LogP contribution in [0.5, 0.6) is 0 Å². The van der Waals surface area contributed by atoms with E-state index in [2.05, 4.69) is 9.97 Å². The molecule has 1 aliphatic heterocycles. The highest BCUT2D eigenvalue weighted by atomic mass is 32.2. The molecule has 0 unspecified atom stereocenters. The van der Waals surface area contributed by atoms with Gasteiger partial charge in [0.15, 0.2) is 11.6 Å². The van der Waals surface area contributed by atoms with Gasteiger partial charge in [0.05, 0.1) is 0 Å². The van der Waals surface area contributed by atoms with E-state index in [9.17, 15) is 8.78 Å². The SMILES string of the molecule is Fc1ccc(-c2nc(=S)c3c([nH]2)CSC3)cc1F. The van der Waals surface area contributed by atoms with Gasteiger partial charge in [-0.2, -0.15) is 11.8 Å². The van der Waals surface area contributed by atoms with Crippen molar-refractivity contribution in [1.29, 1.82) is 0 Å². The number of benzene rings is 1. The van der Waals surface area contributed by atoms with Gasteiger partial charge in [-0.05, 0) is 18.2 Å². The third-order valence-electron chi connectivity index (χ3n) is 2.79. The fraction of sp³-hybridized carbons (Fsp3) is 0.167. The van der Waals surface area contributed by atoms with Gasteiger partial charge in [0.1, 0.15) is 10.5 Å². The average molecular weight is 282 g/mol. The smallest absolute Gasteiger partial charge is 0.159 e. The molecule has 3 rings (SSSR count). The first-order valence-corrected chi connectivity index (χ1v) is 6.86. The number of aromatic nitrogens is 2. The Morgan fingerprint density at radius 2 is 2.06 bits per heavy atom. The van der Waals surface area contributed by atoms with Crippen LogP contribution in [0.1, 0.15) is 11.3 Å². The second-order valence-corrected chi connectivity index (χ2v) is 5.34. The quantitative estimate of drug-likeness (QED) is 0.806. The van der Waals surface area contributed by atoms with Gasteiger partial charge < -0.3 is 4.98 Å². The Labute approximate surface area is 111 Å². The summed E-state index contributed by atoms with van der Waals surface area (Å²) in [5, 5.41) is 0. The number of aromatic amines is 1. The summed E-state index contributed by atoms with van der Waals surface area (Å²) in [5.41, 5.74) is 2.57. The van der Waals surface area contributed by atoms with E-state index in [0.29, 0.717) is 16.0 Å². The summed E-state index contributed by atoms with van der Waals surface area (Å²) in [6.45, 7) is 0. The maximum absolute atomic E-state index is 13.2. The second-order valence-electron chi connectivity index (χ2n) is 3.97. The molecule has 0 aliphatic carbocycles. The summed E-state index contributed by atoms with van der Waals surface area (Å²) in [5.74, 6) is 0.436. The lowest BCUT2D eigenvalue weighted by Crippen LogP contribution is -1.98. The Bertz CT molecular complexity index is 682. The van der Waals surface area contributed by atoms with Crippen molar-refractivity contribution in [2.45, 2.75) is 11.5 Å². The topological polar surface area (TPSA) is 28.7 Å². The average Bonchev–Trinajstić information content (AvgIpc) is 2.81. The van der Waals surface area contributed by atoms with Crippen molar-refractivity contribution in [1.82, 2.24) is 9.97 Å². The Balaban J connectivity index is 2.15. The molecule has 2 heterocycles. The molecule has 0 bridgehead atoms. The van der Waals surface area contributed by atoms with Crippen LogP contribution in [-0.2, 0) is 11.5 Å². The van der Waals surface area contributed by atoms with E-state index >= 15 is 0 Å². The Morgan fingerprint density at radius 1 is 1.22 bits per heavy atom. The zero-order chi connectivity index (χ0) is 12.7. The summed E-state index contributed by atoms with van der Waals surface area (Å²) in [4.78, 5) is 7.38. The lowest BCUT2D eigenvalue weighted by Gasteiger charge is -2.05. The highest BCUT2D eigenvalue weighted by Crippen LogP contribution is 2.30. The molecule has 1 aromatic heterocycles. The van der Waals surface area contributed by atoms with E-state index in [1.807, 2.05) is 0 Å². The first kappa shape index (κ1) is 11.8. The molecule has 6 heteroatoms. The van der Waals surface area contributed by atoms with Gasteiger partial charge in [-0.15, -0.1) is 0 Å². The largest absolute Gasteiger partial charge is 0.342 e. The van der Waals surface area contributed by atoms with Crippen molar-refractivity contribution in [3.05, 3.63) is 45.7 Å². The van der Waals surface area contributed by atoms with E-state index in [-0.39, 0.29) is 0 Å². The molecule has 2 nitrogen and oxygen atoms in total. The summed E-state index contributed by atoms with van der Waals surface area (Å²) in [7, 11) is 0. The van der Waals surface area contributed by atoms with Crippen LogP contribution in [-0.4, -0.2) is 9.97 Å². The summed E-state index contributed by atoms with van der Waals surface area (Å²) in [6.07, 6.45) is 0. The molecule has 92 valence electrons. The lowest BCUT2D eigenvalue weighted by molar-refractivity contribution is 0.509.